The molecule has 0 radical (unpaired) electrons. The third-order valence-corrected chi connectivity index (χ3v) is 6.09. The van der Waals surface area contributed by atoms with E-state index in [1.54, 1.807) is 18.2 Å². The van der Waals surface area contributed by atoms with Crippen molar-refractivity contribution < 1.29 is 4.79 Å². The molecule has 28 heavy (non-hydrogen) atoms. The third kappa shape index (κ3) is 3.80. The van der Waals surface area contributed by atoms with Crippen LogP contribution < -0.4 is 10.9 Å². The van der Waals surface area contributed by atoms with Crippen LogP contribution in [0.1, 0.15) is 32.6 Å². The Labute approximate surface area is 166 Å². The fourth-order valence-electron chi connectivity index (χ4n) is 3.61. The van der Waals surface area contributed by atoms with Crippen LogP contribution in [0.3, 0.4) is 0 Å². The molecule has 2 N–H and O–H groups in total. The van der Waals surface area contributed by atoms with E-state index in [-0.39, 0.29) is 29.2 Å². The van der Waals surface area contributed by atoms with Gasteiger partial charge in [-0.3, -0.25) is 9.59 Å². The molecule has 1 aliphatic rings. The predicted octanol–water partition coefficient (Wildman–Crippen LogP) is 2.29. The zero-order valence-electron chi connectivity index (χ0n) is 15.6. The average molecular weight is 398 g/mol. The summed E-state index contributed by atoms with van der Waals surface area (Å²) < 4.78 is 1.37. The van der Waals surface area contributed by atoms with Crippen molar-refractivity contribution in [3.8, 4) is 5.95 Å². The Kier molecular flexibility index (Phi) is 5.43. The number of thioether (sulfide) groups is 1. The molecule has 0 saturated heterocycles. The number of aromatic amines is 1. The van der Waals surface area contributed by atoms with Crippen molar-refractivity contribution in [2.24, 2.45) is 5.92 Å². The molecular weight excluding hydrogens is 376 g/mol. The number of benzene rings is 1. The second-order valence-electron chi connectivity index (χ2n) is 7.09. The summed E-state index contributed by atoms with van der Waals surface area (Å²) in [6.07, 6.45) is 5.89. The maximum Gasteiger partial charge on any atom is 0.269 e. The Bertz CT molecular complexity index is 1030. The molecule has 146 valence electrons. The average Bonchev–Trinajstić information content (AvgIpc) is 3.22. The van der Waals surface area contributed by atoms with Crippen molar-refractivity contribution in [1.29, 1.82) is 0 Å². The number of hydrogen-bond donors (Lipinski definition) is 2. The van der Waals surface area contributed by atoms with Crippen LogP contribution in [0.5, 0.6) is 0 Å². The molecule has 0 aliphatic heterocycles. The van der Waals surface area contributed by atoms with Gasteiger partial charge in [0.1, 0.15) is 6.33 Å². The van der Waals surface area contributed by atoms with Crippen LogP contribution >= 0.6 is 11.8 Å². The van der Waals surface area contributed by atoms with Crippen LogP contribution in [0.15, 0.2) is 40.5 Å². The first kappa shape index (κ1) is 18.7. The molecular formula is C19H22N6O2S. The minimum absolute atomic E-state index is 0.0460. The third-order valence-electron chi connectivity index (χ3n) is 5.15. The van der Waals surface area contributed by atoms with E-state index >= 15 is 0 Å². The summed E-state index contributed by atoms with van der Waals surface area (Å²) in [4.78, 5) is 34.1. The van der Waals surface area contributed by atoms with Crippen LogP contribution in [-0.4, -0.2) is 42.4 Å². The summed E-state index contributed by atoms with van der Waals surface area (Å²) in [6, 6.07) is 7.36. The molecule has 8 nitrogen and oxygen atoms in total. The van der Waals surface area contributed by atoms with Crippen LogP contribution in [0.2, 0.25) is 0 Å². The number of hydrogen-bond acceptors (Lipinski definition) is 6. The highest BCUT2D eigenvalue weighted by Crippen LogP contribution is 2.24. The number of para-hydroxylation sites is 1. The molecule has 3 aromatic rings. The fourth-order valence-corrected chi connectivity index (χ4v) is 4.42. The summed E-state index contributed by atoms with van der Waals surface area (Å²) in [7, 11) is 0. The highest BCUT2D eigenvalue weighted by molar-refractivity contribution is 7.99. The van der Waals surface area contributed by atoms with Crippen LogP contribution in [0.25, 0.3) is 16.9 Å². The van der Waals surface area contributed by atoms with Crippen molar-refractivity contribution in [2.75, 3.05) is 5.75 Å². The maximum atomic E-state index is 13.0. The Hall–Kier alpha value is -2.68. The maximum absolute atomic E-state index is 13.0. The summed E-state index contributed by atoms with van der Waals surface area (Å²) in [5, 5.41) is 10.6. The van der Waals surface area contributed by atoms with Gasteiger partial charge in [0.25, 0.3) is 5.56 Å². The first-order valence-electron chi connectivity index (χ1n) is 9.43. The minimum atomic E-state index is -0.244. The number of carbonyl (C=O) groups excluding carboxylic acids is 1. The number of fused-ring (bicyclic) bond motifs is 1. The Balaban J connectivity index is 1.58. The SMILES string of the molecule is C[C@H]1CCCC[C@@H]1NC(=O)CSc1nc2ccccc2c(=O)n1-c1ncn[nH]1. The standard InChI is InChI=1S/C19H22N6O2S/c1-12-6-2-4-8-14(12)22-16(26)10-28-19-23-15-9-5-3-7-13(15)17(27)25(19)18-20-11-21-24-18/h3,5,7,9,11-12,14H,2,4,6,8,10H2,1H3,(H,22,26)(H,20,21,24)/t12-,14-/m0/s1. The van der Waals surface area contributed by atoms with Gasteiger partial charge in [-0.1, -0.05) is 43.7 Å². The largest absolute Gasteiger partial charge is 0.352 e. The van der Waals surface area contributed by atoms with Crippen molar-refractivity contribution in [1.82, 2.24) is 30.0 Å². The monoisotopic (exact) mass is 398 g/mol. The van der Waals surface area contributed by atoms with E-state index in [0.717, 1.165) is 19.3 Å². The van der Waals surface area contributed by atoms with Gasteiger partial charge in [0.05, 0.1) is 16.7 Å². The summed E-state index contributed by atoms with van der Waals surface area (Å²) in [5.74, 6) is 0.915. The number of carbonyl (C=O) groups is 1. The quantitative estimate of drug-likeness (QED) is 0.505. The van der Waals surface area contributed by atoms with E-state index in [0.29, 0.717) is 22.0 Å². The zero-order valence-corrected chi connectivity index (χ0v) is 16.4. The predicted molar refractivity (Wildman–Crippen MR) is 108 cm³/mol. The van der Waals surface area contributed by atoms with Crippen molar-refractivity contribution >= 4 is 28.6 Å². The van der Waals surface area contributed by atoms with E-state index in [4.69, 9.17) is 0 Å². The molecule has 0 unspecified atom stereocenters. The lowest BCUT2D eigenvalue weighted by atomic mass is 9.86. The molecule has 0 bridgehead atoms. The van der Waals surface area contributed by atoms with Crippen molar-refractivity contribution in [3.63, 3.8) is 0 Å². The summed E-state index contributed by atoms with van der Waals surface area (Å²) in [5.41, 5.74) is 0.346. The lowest BCUT2D eigenvalue weighted by molar-refractivity contribution is -0.119. The molecule has 1 aromatic carbocycles. The van der Waals surface area contributed by atoms with Gasteiger partial charge in [0.2, 0.25) is 11.9 Å². The smallest absolute Gasteiger partial charge is 0.269 e. The van der Waals surface area contributed by atoms with Gasteiger partial charge >= 0.3 is 0 Å². The minimum Gasteiger partial charge on any atom is -0.352 e. The lowest BCUT2D eigenvalue weighted by Crippen LogP contribution is -2.41. The van der Waals surface area contributed by atoms with Gasteiger partial charge in [-0.05, 0) is 30.9 Å². The molecule has 2 heterocycles. The Morgan fingerprint density at radius 3 is 2.93 bits per heavy atom. The van der Waals surface area contributed by atoms with Gasteiger partial charge < -0.3 is 5.32 Å². The molecule has 0 spiro atoms. The molecule has 9 heteroatoms. The first-order valence-corrected chi connectivity index (χ1v) is 10.4. The molecule has 1 aliphatic carbocycles. The van der Waals surface area contributed by atoms with Gasteiger partial charge in [0, 0.05) is 6.04 Å². The van der Waals surface area contributed by atoms with Crippen LogP contribution in [-0.2, 0) is 4.79 Å². The zero-order chi connectivity index (χ0) is 19.5. The van der Waals surface area contributed by atoms with Crippen LogP contribution in [0.4, 0.5) is 0 Å². The molecule has 1 amide bonds. The van der Waals surface area contributed by atoms with Crippen LogP contribution in [0, 0.1) is 5.92 Å². The van der Waals surface area contributed by atoms with E-state index in [2.05, 4.69) is 32.4 Å². The first-order chi connectivity index (χ1) is 13.6. The van der Waals surface area contributed by atoms with E-state index in [1.165, 1.54) is 29.1 Å². The topological polar surface area (TPSA) is 106 Å². The van der Waals surface area contributed by atoms with Gasteiger partial charge in [-0.25, -0.2) is 14.6 Å². The Morgan fingerprint density at radius 1 is 1.32 bits per heavy atom. The number of nitrogens with one attached hydrogen (secondary N) is 2. The fraction of sp³-hybridized carbons (Fsp3) is 0.421. The summed E-state index contributed by atoms with van der Waals surface area (Å²) in [6.45, 7) is 2.18. The molecule has 1 fully saturated rings. The van der Waals surface area contributed by atoms with E-state index in [9.17, 15) is 9.59 Å². The normalized spacial score (nSPS) is 19.6. The van der Waals surface area contributed by atoms with E-state index < -0.39 is 0 Å². The number of nitrogens with zero attached hydrogens (tertiary/aromatic N) is 4. The van der Waals surface area contributed by atoms with Gasteiger partial charge in [-0.2, -0.15) is 10.1 Å². The van der Waals surface area contributed by atoms with Crippen molar-refractivity contribution in [2.45, 2.75) is 43.8 Å². The van der Waals surface area contributed by atoms with Gasteiger partial charge in [0.15, 0.2) is 5.16 Å². The molecule has 2 atom stereocenters. The lowest BCUT2D eigenvalue weighted by Gasteiger charge is -2.29. The molecule has 1 saturated carbocycles. The van der Waals surface area contributed by atoms with Crippen molar-refractivity contribution in [3.05, 3.63) is 40.9 Å². The molecule has 4 rings (SSSR count). The highest BCUT2D eigenvalue weighted by Gasteiger charge is 2.23. The number of amides is 1. The number of H-pyrrole nitrogens is 1. The second kappa shape index (κ2) is 8.14. The highest BCUT2D eigenvalue weighted by atomic mass is 32.2. The summed E-state index contributed by atoms with van der Waals surface area (Å²) >= 11 is 1.22. The molecule has 2 aromatic heterocycles. The van der Waals surface area contributed by atoms with Gasteiger partial charge in [-0.15, -0.1) is 0 Å². The number of aromatic nitrogens is 5. The Morgan fingerprint density at radius 2 is 2.14 bits per heavy atom. The number of rotatable bonds is 5. The van der Waals surface area contributed by atoms with E-state index in [1.807, 2.05) is 6.07 Å². The second-order valence-corrected chi connectivity index (χ2v) is 8.03.